The summed E-state index contributed by atoms with van der Waals surface area (Å²) < 4.78 is 1.36. The van der Waals surface area contributed by atoms with Crippen LogP contribution in [0.15, 0.2) is 47.4 Å². The van der Waals surface area contributed by atoms with Crippen molar-refractivity contribution >= 4 is 17.5 Å². The van der Waals surface area contributed by atoms with Gasteiger partial charge >= 0.3 is 0 Å². The summed E-state index contributed by atoms with van der Waals surface area (Å²) in [6.45, 7) is 5.75. The summed E-state index contributed by atoms with van der Waals surface area (Å²) in [6, 6.07) is 9.91. The van der Waals surface area contributed by atoms with Crippen molar-refractivity contribution in [1.82, 2.24) is 9.88 Å². The van der Waals surface area contributed by atoms with Gasteiger partial charge in [-0.3, -0.25) is 14.4 Å². The van der Waals surface area contributed by atoms with Crippen molar-refractivity contribution in [3.63, 3.8) is 0 Å². The summed E-state index contributed by atoms with van der Waals surface area (Å²) in [4.78, 5) is 35.9. The lowest BCUT2D eigenvalue weighted by Crippen LogP contribution is -2.31. The molecule has 0 fully saturated rings. The maximum absolute atomic E-state index is 12.1. The van der Waals surface area contributed by atoms with Crippen LogP contribution in [0.3, 0.4) is 0 Å². The Hall–Kier alpha value is -2.89. The number of amides is 2. The van der Waals surface area contributed by atoms with Crippen molar-refractivity contribution in [3.8, 4) is 0 Å². The summed E-state index contributed by atoms with van der Waals surface area (Å²) in [5.41, 5.74) is 1.79. The standard InChI is InChI=1S/C19H23N3O3/c1-4-14(3)20-19(25)15-6-8-16(9-7-15)21-17(23)12-22-11-13(2)5-10-18(22)24/h5-11,14H,4,12H2,1-3H3,(H,20,25)(H,21,23). The number of benzene rings is 1. The van der Waals surface area contributed by atoms with Crippen molar-refractivity contribution in [2.75, 3.05) is 5.32 Å². The minimum Gasteiger partial charge on any atom is -0.350 e. The van der Waals surface area contributed by atoms with Gasteiger partial charge in [-0.05, 0) is 50.1 Å². The molecule has 2 aromatic rings. The molecular weight excluding hydrogens is 318 g/mol. The minimum absolute atomic E-state index is 0.0588. The quantitative estimate of drug-likeness (QED) is 0.846. The number of hydrogen-bond donors (Lipinski definition) is 2. The molecule has 6 nitrogen and oxygen atoms in total. The molecule has 0 bridgehead atoms. The van der Waals surface area contributed by atoms with Gasteiger partial charge in [-0.1, -0.05) is 13.0 Å². The van der Waals surface area contributed by atoms with E-state index in [1.165, 1.54) is 10.6 Å². The Kier molecular flexibility index (Phi) is 6.11. The van der Waals surface area contributed by atoms with Crippen LogP contribution in [-0.2, 0) is 11.3 Å². The van der Waals surface area contributed by atoms with E-state index in [4.69, 9.17) is 0 Å². The molecule has 1 atom stereocenters. The third kappa shape index (κ3) is 5.31. The van der Waals surface area contributed by atoms with Gasteiger partial charge < -0.3 is 15.2 Å². The Labute approximate surface area is 146 Å². The lowest BCUT2D eigenvalue weighted by molar-refractivity contribution is -0.116. The molecule has 0 radical (unpaired) electrons. The molecule has 0 aliphatic heterocycles. The third-order valence-electron chi connectivity index (χ3n) is 3.87. The third-order valence-corrected chi connectivity index (χ3v) is 3.87. The smallest absolute Gasteiger partial charge is 0.251 e. The highest BCUT2D eigenvalue weighted by Gasteiger charge is 2.09. The Balaban J connectivity index is 1.98. The summed E-state index contributed by atoms with van der Waals surface area (Å²) in [6.07, 6.45) is 2.50. The van der Waals surface area contributed by atoms with Crippen molar-refractivity contribution in [1.29, 1.82) is 0 Å². The number of nitrogens with zero attached hydrogens (tertiary/aromatic N) is 1. The van der Waals surface area contributed by atoms with Gasteiger partial charge in [-0.15, -0.1) is 0 Å². The van der Waals surface area contributed by atoms with Crippen LogP contribution in [0, 0.1) is 6.92 Å². The molecule has 2 rings (SSSR count). The van der Waals surface area contributed by atoms with E-state index in [2.05, 4.69) is 10.6 Å². The molecule has 0 spiro atoms. The molecule has 0 aliphatic rings. The van der Waals surface area contributed by atoms with Gasteiger partial charge in [0.2, 0.25) is 5.91 Å². The van der Waals surface area contributed by atoms with Crippen molar-refractivity contribution in [2.24, 2.45) is 0 Å². The first kappa shape index (κ1) is 18.4. The van der Waals surface area contributed by atoms with E-state index in [9.17, 15) is 14.4 Å². The molecule has 0 aliphatic carbocycles. The largest absolute Gasteiger partial charge is 0.350 e. The van der Waals surface area contributed by atoms with E-state index in [0.29, 0.717) is 11.3 Å². The first-order chi connectivity index (χ1) is 11.9. The van der Waals surface area contributed by atoms with E-state index in [-0.39, 0.29) is 30.0 Å². The summed E-state index contributed by atoms with van der Waals surface area (Å²) in [7, 11) is 0. The fraction of sp³-hybridized carbons (Fsp3) is 0.316. The fourth-order valence-corrected chi connectivity index (χ4v) is 2.24. The number of carbonyl (C=O) groups is 2. The Morgan fingerprint density at radius 2 is 1.80 bits per heavy atom. The molecule has 132 valence electrons. The zero-order valence-corrected chi connectivity index (χ0v) is 14.7. The minimum atomic E-state index is -0.301. The molecule has 1 unspecified atom stereocenters. The highest BCUT2D eigenvalue weighted by Crippen LogP contribution is 2.10. The summed E-state index contributed by atoms with van der Waals surface area (Å²) in [5.74, 6) is -0.442. The average molecular weight is 341 g/mol. The highest BCUT2D eigenvalue weighted by molar-refractivity contribution is 5.95. The first-order valence-corrected chi connectivity index (χ1v) is 8.27. The maximum atomic E-state index is 12.1. The van der Waals surface area contributed by atoms with Crippen molar-refractivity contribution in [2.45, 2.75) is 39.8 Å². The van der Waals surface area contributed by atoms with Crippen LogP contribution in [-0.4, -0.2) is 22.4 Å². The predicted molar refractivity (Wildman–Crippen MR) is 97.7 cm³/mol. The number of aryl methyl sites for hydroxylation is 1. The number of carbonyl (C=O) groups excluding carboxylic acids is 2. The Morgan fingerprint density at radius 1 is 1.12 bits per heavy atom. The topological polar surface area (TPSA) is 80.2 Å². The zero-order chi connectivity index (χ0) is 18.4. The first-order valence-electron chi connectivity index (χ1n) is 8.27. The van der Waals surface area contributed by atoms with Gasteiger partial charge in [0.05, 0.1) is 0 Å². The number of pyridine rings is 1. The van der Waals surface area contributed by atoms with E-state index in [1.54, 1.807) is 36.5 Å². The van der Waals surface area contributed by atoms with Crippen LogP contribution >= 0.6 is 0 Å². The van der Waals surface area contributed by atoms with Gasteiger partial charge in [0.25, 0.3) is 11.5 Å². The van der Waals surface area contributed by atoms with Crippen LogP contribution < -0.4 is 16.2 Å². The number of aromatic nitrogens is 1. The molecule has 0 saturated carbocycles. The van der Waals surface area contributed by atoms with Crippen LogP contribution in [0.4, 0.5) is 5.69 Å². The van der Waals surface area contributed by atoms with Crippen LogP contribution in [0.5, 0.6) is 0 Å². The maximum Gasteiger partial charge on any atom is 0.251 e. The van der Waals surface area contributed by atoms with Gasteiger partial charge in [-0.25, -0.2) is 0 Å². The van der Waals surface area contributed by atoms with E-state index >= 15 is 0 Å². The molecule has 1 aromatic carbocycles. The molecule has 6 heteroatoms. The van der Waals surface area contributed by atoms with E-state index in [0.717, 1.165) is 12.0 Å². The SMILES string of the molecule is CCC(C)NC(=O)c1ccc(NC(=O)Cn2cc(C)ccc2=O)cc1. The van der Waals surface area contributed by atoms with Gasteiger partial charge in [-0.2, -0.15) is 0 Å². The van der Waals surface area contributed by atoms with E-state index in [1.807, 2.05) is 20.8 Å². The molecule has 0 saturated heterocycles. The molecule has 2 N–H and O–H groups in total. The summed E-state index contributed by atoms with van der Waals surface area (Å²) >= 11 is 0. The normalized spacial score (nSPS) is 11.6. The lowest BCUT2D eigenvalue weighted by atomic mass is 10.1. The second kappa shape index (κ2) is 8.28. The average Bonchev–Trinajstić information content (AvgIpc) is 2.58. The second-order valence-corrected chi connectivity index (χ2v) is 6.08. The highest BCUT2D eigenvalue weighted by atomic mass is 16.2. The summed E-state index contributed by atoms with van der Waals surface area (Å²) in [5, 5.41) is 5.61. The number of anilines is 1. The Bertz CT molecular complexity index is 809. The number of nitrogens with one attached hydrogen (secondary N) is 2. The van der Waals surface area contributed by atoms with Crippen molar-refractivity contribution < 1.29 is 9.59 Å². The van der Waals surface area contributed by atoms with Gasteiger partial charge in [0, 0.05) is 29.6 Å². The van der Waals surface area contributed by atoms with Gasteiger partial charge in [0.15, 0.2) is 0 Å². The molecule has 25 heavy (non-hydrogen) atoms. The van der Waals surface area contributed by atoms with Crippen LogP contribution in [0.25, 0.3) is 0 Å². The number of rotatable bonds is 6. The molecule has 2 amide bonds. The van der Waals surface area contributed by atoms with Gasteiger partial charge in [0.1, 0.15) is 6.54 Å². The predicted octanol–water partition coefficient (Wildman–Crippen LogP) is 2.32. The Morgan fingerprint density at radius 3 is 2.44 bits per heavy atom. The number of hydrogen-bond acceptors (Lipinski definition) is 3. The van der Waals surface area contributed by atoms with Crippen LogP contribution in [0.2, 0.25) is 0 Å². The monoisotopic (exact) mass is 341 g/mol. The molecule has 1 heterocycles. The lowest BCUT2D eigenvalue weighted by Gasteiger charge is -2.12. The second-order valence-electron chi connectivity index (χ2n) is 6.08. The van der Waals surface area contributed by atoms with Crippen LogP contribution in [0.1, 0.15) is 36.2 Å². The van der Waals surface area contributed by atoms with Crippen molar-refractivity contribution in [3.05, 3.63) is 64.1 Å². The molecular formula is C19H23N3O3. The van der Waals surface area contributed by atoms with E-state index < -0.39 is 0 Å². The fourth-order valence-electron chi connectivity index (χ4n) is 2.24. The zero-order valence-electron chi connectivity index (χ0n) is 14.7. The molecule has 1 aromatic heterocycles.